The van der Waals surface area contributed by atoms with Gasteiger partial charge in [-0.25, -0.2) is 4.98 Å². The summed E-state index contributed by atoms with van der Waals surface area (Å²) in [6.07, 6.45) is 0.312. The molecule has 1 N–H and O–H groups in total. The summed E-state index contributed by atoms with van der Waals surface area (Å²) in [7, 11) is 0. The lowest BCUT2D eigenvalue weighted by Gasteiger charge is -2.12. The second-order valence-corrected chi connectivity index (χ2v) is 4.83. The number of carbonyl (C=O) groups is 1. The molecule has 0 aliphatic carbocycles. The van der Waals surface area contributed by atoms with E-state index in [0.29, 0.717) is 0 Å². The van der Waals surface area contributed by atoms with Crippen LogP contribution in [0, 0.1) is 30.6 Å². The van der Waals surface area contributed by atoms with Crippen molar-refractivity contribution in [1.29, 1.82) is 5.26 Å². The van der Waals surface area contributed by atoms with Gasteiger partial charge in [-0.05, 0) is 13.0 Å². The first-order valence-corrected chi connectivity index (χ1v) is 6.60. The largest absolute Gasteiger partial charge is 0.417 e. The summed E-state index contributed by atoms with van der Waals surface area (Å²) in [6.45, 7) is 1.42. The second-order valence-electron chi connectivity index (χ2n) is 3.87. The fraction of sp³-hybridized carbons (Fsp3) is 0.308. The van der Waals surface area contributed by atoms with E-state index < -0.39 is 23.2 Å². The Morgan fingerprint density at radius 3 is 2.76 bits per heavy atom. The first kappa shape index (κ1) is 16.9. The molecule has 0 saturated heterocycles. The zero-order valence-corrected chi connectivity index (χ0v) is 11.7. The van der Waals surface area contributed by atoms with Crippen LogP contribution < -0.4 is 5.32 Å². The normalized spacial score (nSPS) is 10.6. The van der Waals surface area contributed by atoms with Crippen LogP contribution in [0.3, 0.4) is 0 Å². The summed E-state index contributed by atoms with van der Waals surface area (Å²) >= 11 is 0.760. The van der Waals surface area contributed by atoms with Crippen molar-refractivity contribution in [3.63, 3.8) is 0 Å². The average Bonchev–Trinajstić information content (AvgIpc) is 2.41. The summed E-state index contributed by atoms with van der Waals surface area (Å²) in [5.41, 5.74) is -1.51. The second kappa shape index (κ2) is 7.00. The van der Waals surface area contributed by atoms with Gasteiger partial charge in [-0.1, -0.05) is 17.7 Å². The van der Waals surface area contributed by atoms with Gasteiger partial charge in [0.15, 0.2) is 0 Å². The van der Waals surface area contributed by atoms with Gasteiger partial charge in [0, 0.05) is 5.69 Å². The molecule has 8 heteroatoms. The number of nitrogens with one attached hydrogen (secondary N) is 1. The number of thioether (sulfide) groups is 1. The lowest BCUT2D eigenvalue weighted by Crippen LogP contribution is -2.25. The van der Waals surface area contributed by atoms with Gasteiger partial charge in [0.2, 0.25) is 5.91 Å². The van der Waals surface area contributed by atoms with Crippen molar-refractivity contribution in [2.24, 2.45) is 0 Å². The van der Waals surface area contributed by atoms with Gasteiger partial charge in [0.05, 0.1) is 23.4 Å². The van der Waals surface area contributed by atoms with Crippen LogP contribution in [0.2, 0.25) is 0 Å². The van der Waals surface area contributed by atoms with Gasteiger partial charge in [-0.2, -0.15) is 18.4 Å². The Balaban J connectivity index is 3.03. The third-order valence-electron chi connectivity index (χ3n) is 2.26. The fourth-order valence-corrected chi connectivity index (χ4v) is 2.29. The van der Waals surface area contributed by atoms with Gasteiger partial charge in [0.25, 0.3) is 0 Å². The maximum atomic E-state index is 12.9. The average molecular weight is 313 g/mol. The third kappa shape index (κ3) is 4.69. The SMILES string of the molecule is C#CCNC(=O)CSc1nc(C)cc(C(F)(F)F)c1C#N. The Morgan fingerprint density at radius 1 is 1.57 bits per heavy atom. The lowest BCUT2D eigenvalue weighted by molar-refractivity contribution is -0.138. The third-order valence-corrected chi connectivity index (χ3v) is 3.23. The van der Waals surface area contributed by atoms with Crippen molar-refractivity contribution < 1.29 is 18.0 Å². The monoisotopic (exact) mass is 313 g/mol. The molecular formula is C13H10F3N3OS. The molecule has 1 rings (SSSR count). The molecule has 4 nitrogen and oxygen atoms in total. The molecule has 0 atom stereocenters. The van der Waals surface area contributed by atoms with Crippen LogP contribution in [0.15, 0.2) is 11.1 Å². The highest BCUT2D eigenvalue weighted by atomic mass is 32.2. The van der Waals surface area contributed by atoms with Crippen LogP contribution in [0.4, 0.5) is 13.2 Å². The van der Waals surface area contributed by atoms with E-state index in [1.807, 2.05) is 0 Å². The molecule has 0 saturated carbocycles. The molecule has 0 aliphatic heterocycles. The number of terminal acetylenes is 1. The molecule has 0 bridgehead atoms. The highest BCUT2D eigenvalue weighted by Crippen LogP contribution is 2.35. The zero-order valence-electron chi connectivity index (χ0n) is 10.9. The molecule has 1 amide bonds. The highest BCUT2D eigenvalue weighted by Gasteiger charge is 2.35. The quantitative estimate of drug-likeness (QED) is 0.683. The smallest absolute Gasteiger partial charge is 0.344 e. The van der Waals surface area contributed by atoms with Crippen LogP contribution >= 0.6 is 11.8 Å². The number of aryl methyl sites for hydroxylation is 1. The summed E-state index contributed by atoms with van der Waals surface area (Å²) in [4.78, 5) is 15.3. The molecule has 0 unspecified atom stereocenters. The summed E-state index contributed by atoms with van der Waals surface area (Å²) < 4.78 is 38.6. The van der Waals surface area contributed by atoms with E-state index in [0.717, 1.165) is 17.8 Å². The Labute approximate surface area is 123 Å². The Bertz CT molecular complexity index is 629. The van der Waals surface area contributed by atoms with Crippen LogP contribution in [-0.4, -0.2) is 23.2 Å². The number of aromatic nitrogens is 1. The maximum Gasteiger partial charge on any atom is 0.417 e. The number of alkyl halides is 3. The minimum absolute atomic E-state index is 0.0273. The summed E-state index contributed by atoms with van der Waals surface area (Å²) in [5.74, 6) is 1.58. The molecule has 1 heterocycles. The Kier molecular flexibility index (Phi) is 5.62. The number of nitrogens with zero attached hydrogens (tertiary/aromatic N) is 2. The van der Waals surface area contributed by atoms with Crippen molar-refractivity contribution in [1.82, 2.24) is 10.3 Å². The molecule has 0 fully saturated rings. The van der Waals surface area contributed by atoms with Gasteiger partial charge >= 0.3 is 6.18 Å². The molecule has 0 spiro atoms. The maximum absolute atomic E-state index is 12.9. The van der Waals surface area contributed by atoms with E-state index in [1.54, 1.807) is 0 Å². The highest BCUT2D eigenvalue weighted by molar-refractivity contribution is 8.00. The van der Waals surface area contributed by atoms with E-state index >= 15 is 0 Å². The van der Waals surface area contributed by atoms with Crippen molar-refractivity contribution in [3.05, 3.63) is 22.9 Å². The van der Waals surface area contributed by atoms with Crippen LogP contribution in [0.5, 0.6) is 0 Å². The number of rotatable bonds is 4. The van der Waals surface area contributed by atoms with E-state index in [-0.39, 0.29) is 23.0 Å². The van der Waals surface area contributed by atoms with Gasteiger partial charge in [-0.15, -0.1) is 6.42 Å². The molecule has 1 aromatic rings. The number of pyridine rings is 1. The number of hydrogen-bond donors (Lipinski definition) is 1. The summed E-state index contributed by atoms with van der Waals surface area (Å²) in [5, 5.41) is 11.2. The van der Waals surface area contributed by atoms with Crippen molar-refractivity contribution in [2.75, 3.05) is 12.3 Å². The lowest BCUT2D eigenvalue weighted by atomic mass is 10.1. The number of nitriles is 1. The number of amides is 1. The number of hydrogen-bond acceptors (Lipinski definition) is 4. The standard InChI is InChI=1S/C13H10F3N3OS/c1-3-4-18-11(20)7-21-12-9(6-17)10(13(14,15)16)5-8(2)19-12/h1,5H,4,7H2,2H3,(H,18,20). The zero-order chi connectivity index (χ0) is 16.0. The summed E-state index contributed by atoms with van der Waals surface area (Å²) in [6, 6.07) is 2.30. The van der Waals surface area contributed by atoms with Crippen LogP contribution in [0.1, 0.15) is 16.8 Å². The molecule has 21 heavy (non-hydrogen) atoms. The molecule has 110 valence electrons. The number of halogens is 3. The minimum Gasteiger partial charge on any atom is -0.344 e. The van der Waals surface area contributed by atoms with Gasteiger partial charge in [-0.3, -0.25) is 4.79 Å². The molecule has 0 aliphatic rings. The van der Waals surface area contributed by atoms with E-state index in [1.165, 1.54) is 13.0 Å². The topological polar surface area (TPSA) is 65.8 Å². The Morgan fingerprint density at radius 2 is 2.24 bits per heavy atom. The van der Waals surface area contributed by atoms with Crippen LogP contribution in [-0.2, 0) is 11.0 Å². The van der Waals surface area contributed by atoms with Crippen molar-refractivity contribution in [3.8, 4) is 18.4 Å². The molecule has 0 radical (unpaired) electrons. The molecule has 1 aromatic heterocycles. The van der Waals surface area contributed by atoms with E-state index in [9.17, 15) is 18.0 Å². The predicted octanol–water partition coefficient (Wildman–Crippen LogP) is 2.12. The molecular weight excluding hydrogens is 303 g/mol. The van der Waals surface area contributed by atoms with E-state index in [4.69, 9.17) is 11.7 Å². The van der Waals surface area contributed by atoms with Crippen LogP contribution in [0.25, 0.3) is 0 Å². The van der Waals surface area contributed by atoms with Crippen molar-refractivity contribution in [2.45, 2.75) is 18.1 Å². The first-order valence-electron chi connectivity index (χ1n) is 5.61. The predicted molar refractivity (Wildman–Crippen MR) is 71.3 cm³/mol. The molecule has 0 aromatic carbocycles. The number of carbonyl (C=O) groups excluding carboxylic acids is 1. The van der Waals surface area contributed by atoms with E-state index in [2.05, 4.69) is 16.2 Å². The van der Waals surface area contributed by atoms with Gasteiger partial charge < -0.3 is 5.32 Å². The first-order chi connectivity index (χ1) is 9.79. The van der Waals surface area contributed by atoms with Crippen molar-refractivity contribution >= 4 is 17.7 Å². The minimum atomic E-state index is -4.65. The van der Waals surface area contributed by atoms with Gasteiger partial charge in [0.1, 0.15) is 11.1 Å². The Hall–Kier alpha value is -2.19. The fourth-order valence-electron chi connectivity index (χ4n) is 1.42.